The Hall–Kier alpha value is -1.97. The van der Waals surface area contributed by atoms with Gasteiger partial charge in [0.25, 0.3) is 0 Å². The lowest BCUT2D eigenvalue weighted by atomic mass is 9.97. The summed E-state index contributed by atoms with van der Waals surface area (Å²) in [6.07, 6.45) is 6.69. The van der Waals surface area contributed by atoms with Gasteiger partial charge in [-0.25, -0.2) is 0 Å². The van der Waals surface area contributed by atoms with Crippen LogP contribution in [0.5, 0.6) is 11.5 Å². The van der Waals surface area contributed by atoms with E-state index in [4.69, 9.17) is 4.74 Å². The minimum atomic E-state index is -0.453. The van der Waals surface area contributed by atoms with Gasteiger partial charge in [0.1, 0.15) is 5.60 Å². The van der Waals surface area contributed by atoms with E-state index in [9.17, 15) is 9.90 Å². The first-order valence-electron chi connectivity index (χ1n) is 9.73. The average molecular weight is 360 g/mol. The topological polar surface area (TPSA) is 49.8 Å². The predicted molar refractivity (Wildman–Crippen MR) is 106 cm³/mol. The zero-order valence-corrected chi connectivity index (χ0v) is 17.0. The molecule has 1 aliphatic rings. The summed E-state index contributed by atoms with van der Waals surface area (Å²) in [6, 6.07) is 3.91. The van der Waals surface area contributed by atoms with Crippen molar-refractivity contribution < 1.29 is 14.6 Å². The van der Waals surface area contributed by atoms with Crippen molar-refractivity contribution in [3.63, 3.8) is 0 Å². The van der Waals surface area contributed by atoms with Crippen LogP contribution in [0.15, 0.2) is 18.2 Å². The summed E-state index contributed by atoms with van der Waals surface area (Å²) in [5.74, 6) is 0.858. The van der Waals surface area contributed by atoms with Crippen LogP contribution in [0, 0.1) is 5.92 Å². The number of ether oxygens (including phenoxy) is 1. The summed E-state index contributed by atoms with van der Waals surface area (Å²) in [4.78, 5) is 14.9. The van der Waals surface area contributed by atoms with Gasteiger partial charge < -0.3 is 14.7 Å². The normalized spacial score (nSPS) is 16.1. The first-order chi connectivity index (χ1) is 12.2. The van der Waals surface area contributed by atoms with Crippen molar-refractivity contribution in [1.29, 1.82) is 0 Å². The van der Waals surface area contributed by atoms with Crippen LogP contribution >= 0.6 is 0 Å². The highest BCUT2D eigenvalue weighted by atomic mass is 16.5. The fourth-order valence-corrected chi connectivity index (χ4v) is 3.36. The molecule has 4 nitrogen and oxygen atoms in total. The maximum atomic E-state index is 13.0. The summed E-state index contributed by atoms with van der Waals surface area (Å²) >= 11 is 0. The number of carbonyl (C=O) groups is 1. The Morgan fingerprint density at radius 1 is 1.27 bits per heavy atom. The number of nitrogens with zero attached hydrogens (tertiary/aromatic N) is 1. The van der Waals surface area contributed by atoms with Crippen LogP contribution in [-0.2, 0) is 11.3 Å². The maximum absolute atomic E-state index is 13.0. The monoisotopic (exact) mass is 359 g/mol. The molecule has 2 rings (SSSR count). The molecule has 0 spiro atoms. The molecule has 0 aliphatic carbocycles. The van der Waals surface area contributed by atoms with E-state index in [1.807, 2.05) is 56.9 Å². The van der Waals surface area contributed by atoms with Gasteiger partial charge >= 0.3 is 0 Å². The lowest BCUT2D eigenvalue weighted by Crippen LogP contribution is -2.40. The molecule has 1 amide bonds. The number of phenols is 1. The summed E-state index contributed by atoms with van der Waals surface area (Å²) in [6.45, 7) is 12.5. The molecule has 144 valence electrons. The van der Waals surface area contributed by atoms with Gasteiger partial charge in [-0.1, -0.05) is 38.5 Å². The van der Waals surface area contributed by atoms with E-state index in [1.165, 1.54) is 0 Å². The Bertz CT molecular complexity index is 676. The molecule has 1 heterocycles. The molecule has 26 heavy (non-hydrogen) atoms. The van der Waals surface area contributed by atoms with Crippen LogP contribution in [-0.4, -0.2) is 27.6 Å². The number of phenolic OH excluding ortho intramolecular Hbond substituents is 1. The standard InChI is InChI=1S/C22H33NO3/c1-7-9-16(8-2)21(25)23(15(3)4)14-18-11-10-17-12-13-22(5,6)26-20(17)19(18)24/h10-13,15-16,24H,7-9,14H2,1-6H3. The number of fused-ring (bicyclic) bond motifs is 1. The molecule has 1 atom stereocenters. The Morgan fingerprint density at radius 3 is 2.54 bits per heavy atom. The second-order valence-corrected chi connectivity index (χ2v) is 7.98. The van der Waals surface area contributed by atoms with Crippen LogP contribution in [0.3, 0.4) is 0 Å². The highest BCUT2D eigenvalue weighted by Crippen LogP contribution is 2.41. The Kier molecular flexibility index (Phi) is 6.38. The van der Waals surface area contributed by atoms with Gasteiger partial charge in [-0.2, -0.15) is 0 Å². The number of hydrogen-bond donors (Lipinski definition) is 1. The fourth-order valence-electron chi connectivity index (χ4n) is 3.36. The number of rotatable bonds is 7. The quantitative estimate of drug-likeness (QED) is 0.733. The molecule has 1 aromatic rings. The van der Waals surface area contributed by atoms with Gasteiger partial charge in [-0.3, -0.25) is 4.79 Å². The van der Waals surface area contributed by atoms with E-state index in [0.717, 1.165) is 30.4 Å². The van der Waals surface area contributed by atoms with E-state index in [1.54, 1.807) is 0 Å². The zero-order chi connectivity index (χ0) is 19.5. The van der Waals surface area contributed by atoms with E-state index in [0.29, 0.717) is 12.3 Å². The number of amides is 1. The molecule has 1 N–H and O–H groups in total. The van der Waals surface area contributed by atoms with Crippen molar-refractivity contribution in [3.05, 3.63) is 29.3 Å². The Balaban J connectivity index is 2.30. The van der Waals surface area contributed by atoms with Crippen molar-refractivity contribution in [2.75, 3.05) is 0 Å². The van der Waals surface area contributed by atoms with Crippen molar-refractivity contribution in [1.82, 2.24) is 4.90 Å². The van der Waals surface area contributed by atoms with Crippen molar-refractivity contribution in [3.8, 4) is 11.5 Å². The molecule has 0 fully saturated rings. The molecule has 0 aromatic heterocycles. The molecule has 1 unspecified atom stereocenters. The first-order valence-corrected chi connectivity index (χ1v) is 9.73. The van der Waals surface area contributed by atoms with Crippen LogP contribution in [0.2, 0.25) is 0 Å². The molecule has 1 aromatic carbocycles. The molecule has 0 radical (unpaired) electrons. The van der Waals surface area contributed by atoms with Gasteiger partial charge in [-0.15, -0.1) is 0 Å². The molecule has 0 saturated heterocycles. The van der Waals surface area contributed by atoms with Crippen LogP contribution < -0.4 is 4.74 Å². The largest absolute Gasteiger partial charge is 0.504 e. The Morgan fingerprint density at radius 2 is 1.96 bits per heavy atom. The highest BCUT2D eigenvalue weighted by molar-refractivity contribution is 5.79. The van der Waals surface area contributed by atoms with Gasteiger partial charge in [0.15, 0.2) is 11.5 Å². The highest BCUT2D eigenvalue weighted by Gasteiger charge is 2.28. The fraction of sp³-hybridized carbons (Fsp3) is 0.591. The van der Waals surface area contributed by atoms with E-state index in [-0.39, 0.29) is 23.6 Å². The van der Waals surface area contributed by atoms with Crippen LogP contribution in [0.1, 0.15) is 71.9 Å². The third-order valence-electron chi connectivity index (χ3n) is 5.00. The smallest absolute Gasteiger partial charge is 0.226 e. The minimum Gasteiger partial charge on any atom is -0.504 e. The Labute approximate surface area is 157 Å². The third-order valence-corrected chi connectivity index (χ3v) is 5.00. The van der Waals surface area contributed by atoms with Gasteiger partial charge in [0.2, 0.25) is 5.91 Å². The average Bonchev–Trinajstić information content (AvgIpc) is 2.58. The van der Waals surface area contributed by atoms with Crippen molar-refractivity contribution in [2.24, 2.45) is 5.92 Å². The minimum absolute atomic E-state index is 0.0419. The van der Waals surface area contributed by atoms with Gasteiger partial charge in [0, 0.05) is 29.6 Å². The first kappa shape index (κ1) is 20.3. The molecule has 0 bridgehead atoms. The lowest BCUT2D eigenvalue weighted by Gasteiger charge is -2.32. The molecule has 4 heteroatoms. The van der Waals surface area contributed by atoms with Gasteiger partial charge in [0.05, 0.1) is 0 Å². The van der Waals surface area contributed by atoms with E-state index in [2.05, 4.69) is 13.8 Å². The number of benzene rings is 1. The summed E-state index contributed by atoms with van der Waals surface area (Å²) in [5, 5.41) is 10.8. The van der Waals surface area contributed by atoms with Gasteiger partial charge in [-0.05, 0) is 46.6 Å². The van der Waals surface area contributed by atoms with E-state index >= 15 is 0 Å². The van der Waals surface area contributed by atoms with Crippen molar-refractivity contribution in [2.45, 2.75) is 79.0 Å². The summed E-state index contributed by atoms with van der Waals surface area (Å²) in [7, 11) is 0. The SMILES string of the molecule is CCCC(CC)C(=O)N(Cc1ccc2c(c1O)OC(C)(C)C=C2)C(C)C. The maximum Gasteiger partial charge on any atom is 0.226 e. The predicted octanol–water partition coefficient (Wildman–Crippen LogP) is 5.14. The molecular formula is C22H33NO3. The summed E-state index contributed by atoms with van der Waals surface area (Å²) in [5.41, 5.74) is 1.14. The van der Waals surface area contributed by atoms with Crippen LogP contribution in [0.4, 0.5) is 0 Å². The molecule has 1 aliphatic heterocycles. The van der Waals surface area contributed by atoms with Crippen molar-refractivity contribution >= 4 is 12.0 Å². The van der Waals surface area contributed by atoms with E-state index < -0.39 is 5.60 Å². The number of aromatic hydroxyl groups is 1. The van der Waals surface area contributed by atoms with Crippen LogP contribution in [0.25, 0.3) is 6.08 Å². The summed E-state index contributed by atoms with van der Waals surface area (Å²) < 4.78 is 5.96. The third kappa shape index (κ3) is 4.40. The number of hydrogen-bond acceptors (Lipinski definition) is 3. The molecule has 0 saturated carbocycles. The zero-order valence-electron chi connectivity index (χ0n) is 17.0. The molecular weight excluding hydrogens is 326 g/mol. The second kappa shape index (κ2) is 8.15. The second-order valence-electron chi connectivity index (χ2n) is 7.98. The lowest BCUT2D eigenvalue weighted by molar-refractivity contribution is -0.138. The number of carbonyl (C=O) groups excluding carboxylic acids is 1.